The van der Waals surface area contributed by atoms with Gasteiger partial charge in [-0.05, 0) is 0 Å². The number of halogens is 2. The standard InChI is InChI=1S/C8H15N2.2ClH.Pt/c9-5-8(10)4-6-1-2-7(8)3-6;;;/h6H,1-5,9-10H2;2*1H;/q;;;+2/p-2. The summed E-state index contributed by atoms with van der Waals surface area (Å²) in [5.41, 5.74) is 11.8. The van der Waals surface area contributed by atoms with Gasteiger partial charge in [0.1, 0.15) is 0 Å². The monoisotopic (exact) mass is 404 g/mol. The molecule has 0 aromatic carbocycles. The first-order valence-corrected chi connectivity index (χ1v) is 11.3. The third-order valence-electron chi connectivity index (χ3n) is 3.64. The van der Waals surface area contributed by atoms with Crippen molar-refractivity contribution in [1.82, 2.24) is 0 Å². The van der Waals surface area contributed by atoms with Crippen molar-refractivity contribution in [2.75, 3.05) is 6.54 Å². The van der Waals surface area contributed by atoms with E-state index in [-0.39, 0.29) is 9.34 Å². The molecule has 2 saturated carbocycles. The molecule has 0 heterocycles. The Bertz CT molecular complexity index is 226. The van der Waals surface area contributed by atoms with Crippen LogP contribution in [0.4, 0.5) is 0 Å². The van der Waals surface area contributed by atoms with Gasteiger partial charge in [-0.2, -0.15) is 0 Å². The van der Waals surface area contributed by atoms with Crippen molar-refractivity contribution in [1.29, 1.82) is 0 Å². The molecule has 4 N–H and O–H groups in total. The molecule has 81 valence electrons. The number of fused-ring (bicyclic) bond motifs is 2. The summed E-state index contributed by atoms with van der Waals surface area (Å²) in [6.07, 6.45) is 4.55. The zero-order valence-corrected chi connectivity index (χ0v) is 11.1. The van der Waals surface area contributed by atoms with Crippen LogP contribution in [0.2, 0.25) is 3.80 Å². The summed E-state index contributed by atoms with van der Waals surface area (Å²) >= 11 is -1.90. The first kappa shape index (κ1) is 10.7. The molecule has 2 fully saturated rings. The van der Waals surface area contributed by atoms with Gasteiger partial charge in [0.25, 0.3) is 0 Å². The first-order valence-electron chi connectivity index (χ1n) is 4.48. The molecular weight excluding hydrogens is 390 g/mol. The maximum atomic E-state index is 6.32. The van der Waals surface area contributed by atoms with E-state index in [4.69, 9.17) is 30.3 Å². The molecule has 0 aromatic rings. The molecule has 2 nitrogen and oxygen atoms in total. The predicted octanol–water partition coefficient (Wildman–Crippen LogP) is 1.93. The summed E-state index contributed by atoms with van der Waals surface area (Å²) in [5.74, 6) is 0.742. The first-order chi connectivity index (χ1) is 6.04. The minimum absolute atomic E-state index is 0.0557. The predicted molar refractivity (Wildman–Crippen MR) is 52.3 cm³/mol. The van der Waals surface area contributed by atoms with Gasteiger partial charge in [0, 0.05) is 0 Å². The van der Waals surface area contributed by atoms with Gasteiger partial charge in [-0.15, -0.1) is 0 Å². The van der Waals surface area contributed by atoms with E-state index in [2.05, 4.69) is 0 Å². The van der Waals surface area contributed by atoms with Gasteiger partial charge >= 0.3 is 93.0 Å². The van der Waals surface area contributed by atoms with E-state index in [1.807, 2.05) is 0 Å². The molecule has 0 radical (unpaired) electrons. The Morgan fingerprint density at radius 3 is 2.46 bits per heavy atom. The molecule has 2 bridgehead atoms. The third-order valence-corrected chi connectivity index (χ3v) is 11.2. The Balaban J connectivity index is 2.32. The van der Waals surface area contributed by atoms with Crippen LogP contribution >= 0.6 is 18.8 Å². The van der Waals surface area contributed by atoms with Crippen molar-refractivity contribution in [2.45, 2.75) is 35.0 Å². The second kappa shape index (κ2) is 3.35. The van der Waals surface area contributed by atoms with Gasteiger partial charge in [0.15, 0.2) is 0 Å². The third kappa shape index (κ3) is 1.33. The Morgan fingerprint density at radius 2 is 2.08 bits per heavy atom. The van der Waals surface area contributed by atoms with Crippen molar-refractivity contribution in [3.8, 4) is 0 Å². The van der Waals surface area contributed by atoms with Crippen molar-refractivity contribution in [2.24, 2.45) is 17.4 Å². The molecular formula is C8H15Cl2N2Pt. The zero-order chi connectivity index (χ0) is 9.69. The van der Waals surface area contributed by atoms with Crippen LogP contribution in [0.15, 0.2) is 0 Å². The van der Waals surface area contributed by atoms with Crippen LogP contribution in [-0.4, -0.2) is 12.1 Å². The Kier molecular flexibility index (Phi) is 2.76. The SMILES string of the molecule is NCC1(N)CC2CC[C]1([Pt]([Cl])[Cl])C2. The molecule has 0 amide bonds. The summed E-state index contributed by atoms with van der Waals surface area (Å²) in [6, 6.07) is 0. The van der Waals surface area contributed by atoms with Crippen LogP contribution in [0.25, 0.3) is 0 Å². The molecule has 2 rings (SSSR count). The average molecular weight is 405 g/mol. The molecule has 0 saturated heterocycles. The van der Waals surface area contributed by atoms with Crippen LogP contribution in [0.5, 0.6) is 0 Å². The molecule has 3 atom stereocenters. The Labute approximate surface area is 92.7 Å². The van der Waals surface area contributed by atoms with Gasteiger partial charge < -0.3 is 0 Å². The fourth-order valence-electron chi connectivity index (χ4n) is 2.87. The zero-order valence-electron chi connectivity index (χ0n) is 7.34. The van der Waals surface area contributed by atoms with Crippen LogP contribution < -0.4 is 11.5 Å². The molecule has 0 aromatic heterocycles. The summed E-state index contributed by atoms with van der Waals surface area (Å²) in [5, 5.41) is 0. The van der Waals surface area contributed by atoms with E-state index in [0.29, 0.717) is 6.54 Å². The van der Waals surface area contributed by atoms with Crippen LogP contribution in [0, 0.1) is 5.92 Å². The normalized spacial score (nSPS) is 49.8. The molecule has 13 heavy (non-hydrogen) atoms. The van der Waals surface area contributed by atoms with Crippen molar-refractivity contribution >= 4 is 18.8 Å². The van der Waals surface area contributed by atoms with E-state index < -0.39 is 15.2 Å². The average Bonchev–Trinajstić information content (AvgIpc) is 2.60. The fourth-order valence-corrected chi connectivity index (χ4v) is 9.68. The topological polar surface area (TPSA) is 52.0 Å². The Hall–Kier alpha value is 1.19. The minimum atomic E-state index is -1.90. The van der Waals surface area contributed by atoms with Gasteiger partial charge in [-0.1, -0.05) is 0 Å². The van der Waals surface area contributed by atoms with Crippen LogP contribution in [-0.2, 0) is 15.2 Å². The number of rotatable bonds is 2. The van der Waals surface area contributed by atoms with E-state index >= 15 is 0 Å². The summed E-state index contributed by atoms with van der Waals surface area (Å²) in [6.45, 7) is 0.539. The summed E-state index contributed by atoms with van der Waals surface area (Å²) in [4.78, 5) is 0. The van der Waals surface area contributed by atoms with E-state index in [0.717, 1.165) is 25.2 Å². The summed E-state index contributed by atoms with van der Waals surface area (Å²) < 4.78 is 0.0557. The fraction of sp³-hybridized carbons (Fsp3) is 1.00. The van der Waals surface area contributed by atoms with Crippen LogP contribution in [0.1, 0.15) is 25.7 Å². The van der Waals surface area contributed by atoms with Gasteiger partial charge in [0.2, 0.25) is 0 Å². The second-order valence-electron chi connectivity index (χ2n) is 4.24. The summed E-state index contributed by atoms with van der Waals surface area (Å²) in [7, 11) is 12.4. The molecule has 2 aliphatic carbocycles. The number of nitrogens with two attached hydrogens (primary N) is 2. The quantitative estimate of drug-likeness (QED) is 0.738. The maximum absolute atomic E-state index is 6.32. The van der Waals surface area contributed by atoms with Gasteiger partial charge in [0.05, 0.1) is 0 Å². The molecule has 2 aliphatic rings. The van der Waals surface area contributed by atoms with Gasteiger partial charge in [-0.3, -0.25) is 0 Å². The molecule has 3 unspecified atom stereocenters. The second-order valence-corrected chi connectivity index (χ2v) is 12.5. The van der Waals surface area contributed by atoms with Gasteiger partial charge in [-0.25, -0.2) is 0 Å². The Morgan fingerprint density at radius 1 is 1.38 bits per heavy atom. The van der Waals surface area contributed by atoms with Crippen molar-refractivity contribution < 1.29 is 15.2 Å². The van der Waals surface area contributed by atoms with E-state index in [1.54, 1.807) is 0 Å². The number of hydrogen-bond donors (Lipinski definition) is 2. The van der Waals surface area contributed by atoms with Crippen LogP contribution in [0.3, 0.4) is 0 Å². The van der Waals surface area contributed by atoms with E-state index in [9.17, 15) is 0 Å². The van der Waals surface area contributed by atoms with Crippen molar-refractivity contribution in [3.63, 3.8) is 0 Å². The van der Waals surface area contributed by atoms with Crippen molar-refractivity contribution in [3.05, 3.63) is 0 Å². The molecule has 0 aliphatic heterocycles. The van der Waals surface area contributed by atoms with E-state index in [1.165, 1.54) is 6.42 Å². The number of hydrogen-bond acceptors (Lipinski definition) is 2. The molecule has 0 spiro atoms. The molecule has 5 heteroatoms.